The average molecular weight is 287 g/mol. The van der Waals surface area contributed by atoms with Gasteiger partial charge in [0.25, 0.3) is 0 Å². The fourth-order valence-corrected chi connectivity index (χ4v) is 2.18. The topological polar surface area (TPSA) is 66.2 Å². The molecule has 0 aliphatic heterocycles. The van der Waals surface area contributed by atoms with E-state index in [9.17, 15) is 10.2 Å². The fourth-order valence-electron chi connectivity index (χ4n) is 1.98. The molecule has 1 heterocycles. The lowest BCUT2D eigenvalue weighted by molar-refractivity contribution is -0.0803. The van der Waals surface area contributed by atoms with Gasteiger partial charge >= 0.3 is 0 Å². The second kappa shape index (κ2) is 4.05. The summed E-state index contributed by atoms with van der Waals surface area (Å²) >= 11 is 3.26. The lowest BCUT2D eigenvalue weighted by Gasteiger charge is -2.38. The zero-order chi connectivity index (χ0) is 11.8. The van der Waals surface area contributed by atoms with E-state index >= 15 is 0 Å². The fraction of sp³-hybridized carbons (Fsp3) is 0.636. The van der Waals surface area contributed by atoms with Crippen LogP contribution in [0.5, 0.6) is 0 Å². The van der Waals surface area contributed by atoms with E-state index in [1.54, 1.807) is 19.3 Å². The minimum Gasteiger partial charge on any atom is -0.390 e. The first kappa shape index (κ1) is 12.0. The van der Waals surface area contributed by atoms with Gasteiger partial charge < -0.3 is 10.2 Å². The van der Waals surface area contributed by atoms with Gasteiger partial charge in [0.05, 0.1) is 10.1 Å². The maximum Gasteiger partial charge on any atom is 0.160 e. The van der Waals surface area contributed by atoms with Crippen LogP contribution in [0.15, 0.2) is 16.9 Å². The lowest BCUT2D eigenvalue weighted by Crippen LogP contribution is -2.40. The number of hydrogen-bond acceptors (Lipinski definition) is 4. The molecule has 1 aromatic heterocycles. The lowest BCUT2D eigenvalue weighted by atomic mass is 9.76. The van der Waals surface area contributed by atoms with E-state index in [4.69, 9.17) is 0 Å². The second-order valence-corrected chi connectivity index (χ2v) is 5.67. The highest BCUT2D eigenvalue weighted by atomic mass is 79.9. The van der Waals surface area contributed by atoms with Gasteiger partial charge in [0, 0.05) is 12.4 Å². The predicted molar refractivity (Wildman–Crippen MR) is 62.7 cm³/mol. The first-order chi connectivity index (χ1) is 7.41. The van der Waals surface area contributed by atoms with Crippen LogP contribution in [-0.2, 0) is 5.60 Å². The Morgan fingerprint density at radius 1 is 1.12 bits per heavy atom. The van der Waals surface area contributed by atoms with E-state index in [0.29, 0.717) is 31.5 Å². The van der Waals surface area contributed by atoms with Crippen molar-refractivity contribution in [3.05, 3.63) is 22.7 Å². The first-order valence-electron chi connectivity index (χ1n) is 5.34. The van der Waals surface area contributed by atoms with Crippen LogP contribution >= 0.6 is 15.9 Å². The van der Waals surface area contributed by atoms with E-state index in [-0.39, 0.29) is 0 Å². The van der Waals surface area contributed by atoms with E-state index in [1.165, 1.54) is 0 Å². The monoisotopic (exact) mass is 286 g/mol. The summed E-state index contributed by atoms with van der Waals surface area (Å²) in [4.78, 5) is 8.26. The van der Waals surface area contributed by atoms with Crippen molar-refractivity contribution >= 4 is 15.9 Å². The van der Waals surface area contributed by atoms with Crippen LogP contribution in [0.25, 0.3) is 0 Å². The molecular formula is C11H15BrN2O2. The summed E-state index contributed by atoms with van der Waals surface area (Å²) in [6.45, 7) is 1.80. The second-order valence-electron chi connectivity index (χ2n) is 4.75. The first-order valence-corrected chi connectivity index (χ1v) is 6.13. The van der Waals surface area contributed by atoms with Crippen LogP contribution < -0.4 is 0 Å². The Labute approximate surface area is 103 Å². The number of rotatable bonds is 1. The third-order valence-electron chi connectivity index (χ3n) is 3.19. The quantitative estimate of drug-likeness (QED) is 0.826. The molecule has 0 bridgehead atoms. The summed E-state index contributed by atoms with van der Waals surface area (Å²) < 4.78 is 0.794. The minimum absolute atomic E-state index is 0.450. The zero-order valence-corrected chi connectivity index (χ0v) is 10.7. The van der Waals surface area contributed by atoms with Gasteiger partial charge in [-0.1, -0.05) is 0 Å². The molecule has 0 saturated heterocycles. The molecule has 88 valence electrons. The molecule has 1 aromatic rings. The minimum atomic E-state index is -0.983. The molecule has 1 saturated carbocycles. The van der Waals surface area contributed by atoms with Crippen LogP contribution in [0.4, 0.5) is 0 Å². The van der Waals surface area contributed by atoms with Crippen molar-refractivity contribution in [3.8, 4) is 0 Å². The van der Waals surface area contributed by atoms with Gasteiger partial charge in [-0.2, -0.15) is 0 Å². The molecule has 1 aliphatic carbocycles. The highest BCUT2D eigenvalue weighted by molar-refractivity contribution is 9.10. The molecule has 0 aromatic carbocycles. The van der Waals surface area contributed by atoms with Crippen LogP contribution in [0.2, 0.25) is 0 Å². The van der Waals surface area contributed by atoms with Crippen LogP contribution in [0, 0.1) is 0 Å². The smallest absolute Gasteiger partial charge is 0.160 e. The normalized spacial score (nSPS) is 35.0. The van der Waals surface area contributed by atoms with E-state index in [2.05, 4.69) is 25.9 Å². The van der Waals surface area contributed by atoms with E-state index in [1.807, 2.05) is 0 Å². The van der Waals surface area contributed by atoms with Gasteiger partial charge in [0.2, 0.25) is 0 Å². The maximum absolute atomic E-state index is 10.4. The summed E-state index contributed by atoms with van der Waals surface area (Å²) in [7, 11) is 0. The van der Waals surface area contributed by atoms with Crippen LogP contribution in [-0.4, -0.2) is 25.8 Å². The summed E-state index contributed by atoms with van der Waals surface area (Å²) in [6.07, 6.45) is 5.41. The zero-order valence-electron chi connectivity index (χ0n) is 9.15. The molecule has 0 amide bonds. The summed E-state index contributed by atoms with van der Waals surface area (Å²) in [5.41, 5.74) is -1.65. The number of aliphatic hydroxyl groups is 2. The Bertz CT molecular complexity index is 368. The Morgan fingerprint density at radius 3 is 2.12 bits per heavy atom. The number of nitrogens with zero attached hydrogens (tertiary/aromatic N) is 2. The van der Waals surface area contributed by atoms with Crippen molar-refractivity contribution in [1.29, 1.82) is 0 Å². The van der Waals surface area contributed by atoms with Crippen LogP contribution in [0.1, 0.15) is 38.4 Å². The number of aromatic nitrogens is 2. The molecule has 16 heavy (non-hydrogen) atoms. The molecule has 1 aliphatic rings. The third kappa shape index (κ3) is 2.42. The Morgan fingerprint density at radius 2 is 1.62 bits per heavy atom. The number of hydrogen-bond donors (Lipinski definition) is 2. The molecule has 2 rings (SSSR count). The van der Waals surface area contributed by atoms with Crippen molar-refractivity contribution in [1.82, 2.24) is 9.97 Å². The molecule has 0 spiro atoms. The molecule has 5 heteroatoms. The average Bonchev–Trinajstić information content (AvgIpc) is 2.24. The summed E-state index contributed by atoms with van der Waals surface area (Å²) in [5, 5.41) is 20.3. The molecule has 0 radical (unpaired) electrons. The van der Waals surface area contributed by atoms with Crippen molar-refractivity contribution in [2.45, 2.75) is 43.8 Å². The Hall–Kier alpha value is -0.520. The molecule has 1 fully saturated rings. The molecule has 0 atom stereocenters. The van der Waals surface area contributed by atoms with Gasteiger partial charge in [-0.15, -0.1) is 0 Å². The van der Waals surface area contributed by atoms with Gasteiger partial charge in [0.15, 0.2) is 5.82 Å². The van der Waals surface area contributed by atoms with Gasteiger partial charge in [-0.05, 0) is 48.5 Å². The van der Waals surface area contributed by atoms with Gasteiger partial charge in [-0.25, -0.2) is 9.97 Å². The molecular weight excluding hydrogens is 272 g/mol. The van der Waals surface area contributed by atoms with Crippen LogP contribution in [0.3, 0.4) is 0 Å². The van der Waals surface area contributed by atoms with Gasteiger partial charge in [0.1, 0.15) is 5.60 Å². The Kier molecular flexibility index (Phi) is 3.03. The summed E-state index contributed by atoms with van der Waals surface area (Å²) in [5.74, 6) is 0.450. The van der Waals surface area contributed by atoms with E-state index in [0.717, 1.165) is 4.47 Å². The predicted octanol–water partition coefficient (Wildman–Crippen LogP) is 1.75. The maximum atomic E-state index is 10.4. The number of halogens is 1. The van der Waals surface area contributed by atoms with Crippen molar-refractivity contribution in [2.24, 2.45) is 0 Å². The highest BCUT2D eigenvalue weighted by Gasteiger charge is 2.40. The molecule has 2 N–H and O–H groups in total. The van der Waals surface area contributed by atoms with E-state index < -0.39 is 11.2 Å². The third-order valence-corrected chi connectivity index (χ3v) is 3.60. The largest absolute Gasteiger partial charge is 0.390 e. The molecule has 4 nitrogen and oxygen atoms in total. The standard InChI is InChI=1S/C11H15BrN2O2/c1-10(15)2-4-11(16,5-3-10)9-13-6-8(12)7-14-9/h6-7,15-16H,2-5H2,1H3/t10-,11-. The van der Waals surface area contributed by atoms with Crippen molar-refractivity contribution < 1.29 is 10.2 Å². The van der Waals surface area contributed by atoms with Crippen molar-refractivity contribution in [3.63, 3.8) is 0 Å². The Balaban J connectivity index is 2.18. The SMILES string of the molecule is C[C@]1(O)CC[C@@](O)(c2ncc(Br)cn2)CC1. The summed E-state index contributed by atoms with van der Waals surface area (Å²) in [6, 6.07) is 0. The van der Waals surface area contributed by atoms with Crippen molar-refractivity contribution in [2.75, 3.05) is 0 Å². The highest BCUT2D eigenvalue weighted by Crippen LogP contribution is 2.39. The molecule has 0 unspecified atom stereocenters. The van der Waals surface area contributed by atoms with Gasteiger partial charge in [-0.3, -0.25) is 0 Å².